The number of hydrogen-bond donors (Lipinski definition) is 1. The van der Waals surface area contributed by atoms with Gasteiger partial charge in [0.05, 0.1) is 0 Å². The SMILES string of the molecule is CCN(CC)C(=O)c1ccc(N2CCNCC2)c(C)c1. The molecule has 4 nitrogen and oxygen atoms in total. The number of hydrogen-bond acceptors (Lipinski definition) is 3. The number of piperazine rings is 1. The Bertz CT molecular complexity index is 463. The van der Waals surface area contributed by atoms with Gasteiger partial charge in [0.15, 0.2) is 0 Å². The molecule has 0 radical (unpaired) electrons. The highest BCUT2D eigenvalue weighted by Gasteiger charge is 2.16. The molecule has 1 aliphatic rings. The van der Waals surface area contributed by atoms with Crippen LogP contribution in [0.1, 0.15) is 29.8 Å². The minimum atomic E-state index is 0.130. The summed E-state index contributed by atoms with van der Waals surface area (Å²) in [6.07, 6.45) is 0. The Morgan fingerprint density at radius 3 is 2.45 bits per heavy atom. The van der Waals surface area contributed by atoms with Crippen LogP contribution >= 0.6 is 0 Å². The van der Waals surface area contributed by atoms with Crippen molar-refractivity contribution in [3.05, 3.63) is 29.3 Å². The molecular formula is C16H25N3O. The highest BCUT2D eigenvalue weighted by Crippen LogP contribution is 2.22. The van der Waals surface area contributed by atoms with Crippen molar-refractivity contribution in [1.82, 2.24) is 10.2 Å². The second kappa shape index (κ2) is 6.75. The van der Waals surface area contributed by atoms with E-state index in [2.05, 4.69) is 23.2 Å². The molecule has 4 heteroatoms. The summed E-state index contributed by atoms with van der Waals surface area (Å²) in [4.78, 5) is 16.6. The predicted molar refractivity (Wildman–Crippen MR) is 83.5 cm³/mol. The van der Waals surface area contributed by atoms with E-state index in [1.165, 1.54) is 11.3 Å². The van der Waals surface area contributed by atoms with E-state index in [1.807, 2.05) is 30.9 Å². The predicted octanol–water partition coefficient (Wildman–Crippen LogP) is 1.89. The van der Waals surface area contributed by atoms with Gasteiger partial charge in [-0.15, -0.1) is 0 Å². The lowest BCUT2D eigenvalue weighted by atomic mass is 10.1. The van der Waals surface area contributed by atoms with Gasteiger partial charge in [0.1, 0.15) is 0 Å². The van der Waals surface area contributed by atoms with Crippen molar-refractivity contribution in [2.75, 3.05) is 44.2 Å². The van der Waals surface area contributed by atoms with Crippen molar-refractivity contribution in [1.29, 1.82) is 0 Å². The van der Waals surface area contributed by atoms with Gasteiger partial charge in [0.25, 0.3) is 5.91 Å². The Labute approximate surface area is 121 Å². The summed E-state index contributed by atoms with van der Waals surface area (Å²) < 4.78 is 0. The Morgan fingerprint density at radius 2 is 1.90 bits per heavy atom. The van der Waals surface area contributed by atoms with E-state index < -0.39 is 0 Å². The first kappa shape index (κ1) is 14.9. The van der Waals surface area contributed by atoms with Gasteiger partial charge >= 0.3 is 0 Å². The fraction of sp³-hybridized carbons (Fsp3) is 0.562. The van der Waals surface area contributed by atoms with Crippen LogP contribution in [0, 0.1) is 6.92 Å². The van der Waals surface area contributed by atoms with E-state index in [-0.39, 0.29) is 5.91 Å². The molecule has 2 rings (SSSR count). The minimum absolute atomic E-state index is 0.130. The number of nitrogens with zero attached hydrogens (tertiary/aromatic N) is 2. The summed E-state index contributed by atoms with van der Waals surface area (Å²) in [6.45, 7) is 11.8. The maximum Gasteiger partial charge on any atom is 0.253 e. The lowest BCUT2D eigenvalue weighted by Gasteiger charge is -2.31. The monoisotopic (exact) mass is 275 g/mol. The van der Waals surface area contributed by atoms with Crippen LogP contribution in [0.25, 0.3) is 0 Å². The average molecular weight is 275 g/mol. The molecule has 1 aliphatic heterocycles. The van der Waals surface area contributed by atoms with Gasteiger partial charge in [-0.1, -0.05) is 0 Å². The van der Waals surface area contributed by atoms with E-state index >= 15 is 0 Å². The summed E-state index contributed by atoms with van der Waals surface area (Å²) in [5, 5.41) is 3.36. The molecule has 0 atom stereocenters. The van der Waals surface area contributed by atoms with Crippen LogP contribution in [0.4, 0.5) is 5.69 Å². The number of carbonyl (C=O) groups excluding carboxylic acids is 1. The minimum Gasteiger partial charge on any atom is -0.369 e. The number of amides is 1. The zero-order chi connectivity index (χ0) is 14.5. The van der Waals surface area contributed by atoms with Gasteiger partial charge < -0.3 is 15.1 Å². The van der Waals surface area contributed by atoms with Crippen LogP contribution in [0.5, 0.6) is 0 Å². The van der Waals surface area contributed by atoms with Gasteiger partial charge in [0, 0.05) is 50.5 Å². The van der Waals surface area contributed by atoms with Crippen molar-refractivity contribution >= 4 is 11.6 Å². The number of anilines is 1. The third-order valence-electron chi connectivity index (χ3n) is 3.95. The molecule has 0 aromatic heterocycles. The van der Waals surface area contributed by atoms with E-state index in [0.717, 1.165) is 44.8 Å². The second-order valence-corrected chi connectivity index (χ2v) is 5.22. The Balaban J connectivity index is 2.18. The van der Waals surface area contributed by atoms with Crippen molar-refractivity contribution in [3.63, 3.8) is 0 Å². The van der Waals surface area contributed by atoms with Gasteiger partial charge in [-0.25, -0.2) is 0 Å². The van der Waals surface area contributed by atoms with Crippen LogP contribution < -0.4 is 10.2 Å². The summed E-state index contributed by atoms with van der Waals surface area (Å²) in [7, 11) is 0. The van der Waals surface area contributed by atoms with Crippen LogP contribution in [0.15, 0.2) is 18.2 Å². The van der Waals surface area contributed by atoms with Crippen LogP contribution in [-0.2, 0) is 0 Å². The first-order valence-corrected chi connectivity index (χ1v) is 7.53. The highest BCUT2D eigenvalue weighted by molar-refractivity contribution is 5.95. The second-order valence-electron chi connectivity index (χ2n) is 5.22. The topological polar surface area (TPSA) is 35.6 Å². The molecule has 1 saturated heterocycles. The maximum atomic E-state index is 12.3. The van der Waals surface area contributed by atoms with E-state index in [9.17, 15) is 4.79 Å². The molecule has 0 saturated carbocycles. The molecule has 0 spiro atoms. The Morgan fingerprint density at radius 1 is 1.25 bits per heavy atom. The summed E-state index contributed by atoms with van der Waals surface area (Å²) in [6, 6.07) is 6.08. The largest absolute Gasteiger partial charge is 0.369 e. The number of benzene rings is 1. The van der Waals surface area contributed by atoms with E-state index in [1.54, 1.807) is 0 Å². The van der Waals surface area contributed by atoms with Crippen molar-refractivity contribution in [2.45, 2.75) is 20.8 Å². The van der Waals surface area contributed by atoms with Crippen LogP contribution in [-0.4, -0.2) is 50.1 Å². The zero-order valence-corrected chi connectivity index (χ0v) is 12.8. The van der Waals surface area contributed by atoms with Crippen molar-refractivity contribution in [2.24, 2.45) is 0 Å². The normalized spacial score (nSPS) is 15.2. The zero-order valence-electron chi connectivity index (χ0n) is 12.8. The number of carbonyl (C=O) groups is 1. The molecule has 1 fully saturated rings. The van der Waals surface area contributed by atoms with Crippen molar-refractivity contribution in [3.8, 4) is 0 Å². The molecule has 1 amide bonds. The van der Waals surface area contributed by atoms with E-state index in [0.29, 0.717) is 0 Å². The van der Waals surface area contributed by atoms with Crippen LogP contribution in [0.2, 0.25) is 0 Å². The molecular weight excluding hydrogens is 250 g/mol. The Hall–Kier alpha value is -1.55. The molecule has 20 heavy (non-hydrogen) atoms. The first-order chi connectivity index (χ1) is 9.67. The molecule has 1 aromatic rings. The van der Waals surface area contributed by atoms with Gasteiger partial charge in [-0.3, -0.25) is 4.79 Å². The highest BCUT2D eigenvalue weighted by atomic mass is 16.2. The molecule has 0 aliphatic carbocycles. The average Bonchev–Trinajstić information content (AvgIpc) is 2.49. The smallest absolute Gasteiger partial charge is 0.253 e. The maximum absolute atomic E-state index is 12.3. The third kappa shape index (κ3) is 3.12. The lowest BCUT2D eigenvalue weighted by molar-refractivity contribution is 0.0773. The van der Waals surface area contributed by atoms with Gasteiger partial charge in [-0.05, 0) is 44.5 Å². The summed E-state index contributed by atoms with van der Waals surface area (Å²) >= 11 is 0. The molecule has 1 N–H and O–H groups in total. The molecule has 1 aromatic carbocycles. The third-order valence-corrected chi connectivity index (χ3v) is 3.95. The Kier molecular flexibility index (Phi) is 5.01. The van der Waals surface area contributed by atoms with E-state index in [4.69, 9.17) is 0 Å². The first-order valence-electron chi connectivity index (χ1n) is 7.53. The fourth-order valence-electron chi connectivity index (χ4n) is 2.74. The number of aryl methyl sites for hydroxylation is 1. The van der Waals surface area contributed by atoms with Crippen molar-refractivity contribution < 1.29 is 4.79 Å². The van der Waals surface area contributed by atoms with Gasteiger partial charge in [-0.2, -0.15) is 0 Å². The molecule has 0 bridgehead atoms. The van der Waals surface area contributed by atoms with Crippen LogP contribution in [0.3, 0.4) is 0 Å². The molecule has 1 heterocycles. The number of rotatable bonds is 4. The fourth-order valence-corrected chi connectivity index (χ4v) is 2.74. The lowest BCUT2D eigenvalue weighted by Crippen LogP contribution is -2.43. The summed E-state index contributed by atoms with van der Waals surface area (Å²) in [5.41, 5.74) is 3.23. The summed E-state index contributed by atoms with van der Waals surface area (Å²) in [5.74, 6) is 0.130. The van der Waals surface area contributed by atoms with Gasteiger partial charge in [0.2, 0.25) is 0 Å². The number of nitrogens with one attached hydrogen (secondary N) is 1. The standard InChI is InChI=1S/C16H25N3O/c1-4-18(5-2)16(20)14-6-7-15(13(3)12-14)19-10-8-17-9-11-19/h6-7,12,17H,4-5,8-11H2,1-3H3. The molecule has 110 valence electrons. The molecule has 0 unspecified atom stereocenters. The quantitative estimate of drug-likeness (QED) is 0.911.